The van der Waals surface area contributed by atoms with Gasteiger partial charge in [0.15, 0.2) is 0 Å². The van der Waals surface area contributed by atoms with Crippen LogP contribution in [0, 0.1) is 0 Å². The monoisotopic (exact) mass is 373 g/mol. The first-order valence-corrected chi connectivity index (χ1v) is 9.38. The fourth-order valence-electron chi connectivity index (χ4n) is 3.33. The average Bonchev–Trinajstić information content (AvgIpc) is 2.64. The van der Waals surface area contributed by atoms with Gasteiger partial charge in [-0.15, -0.1) is 12.4 Å². The maximum Gasteiger partial charge on any atom is 0.127 e. The molecule has 2 aromatic rings. The predicted octanol–water partition coefficient (Wildman–Crippen LogP) is 5.47. The van der Waals surface area contributed by atoms with E-state index in [9.17, 15) is 4.79 Å². The largest absolute Gasteiger partial charge is 0.306 e. The van der Waals surface area contributed by atoms with E-state index in [1.165, 1.54) is 16.7 Å². The predicted molar refractivity (Wildman–Crippen MR) is 113 cm³/mol. The van der Waals surface area contributed by atoms with E-state index < -0.39 is 0 Å². The van der Waals surface area contributed by atoms with E-state index in [1.807, 2.05) is 6.07 Å². The standard InChI is InChI=1S/C23H31NO.ClH/c1-19(2)22-13-7-8-14-23(22)21(18-25)12-9-16-24(3)17-15-20-10-5-4-6-11-20;/h4-8,10-11,13-14,18-19,21H,9,12,15-17H2,1-3H3;1H/t21-;/m1./s1. The van der Waals surface area contributed by atoms with E-state index >= 15 is 0 Å². The Balaban J connectivity index is 0.00000338. The van der Waals surface area contributed by atoms with E-state index in [4.69, 9.17) is 0 Å². The molecule has 0 unspecified atom stereocenters. The maximum absolute atomic E-state index is 11.7. The summed E-state index contributed by atoms with van der Waals surface area (Å²) in [4.78, 5) is 14.0. The molecule has 0 aliphatic rings. The second-order valence-electron chi connectivity index (χ2n) is 7.21. The van der Waals surface area contributed by atoms with Crippen LogP contribution in [-0.4, -0.2) is 31.3 Å². The quantitative estimate of drug-likeness (QED) is 0.515. The van der Waals surface area contributed by atoms with Crippen LogP contribution in [0.15, 0.2) is 54.6 Å². The van der Waals surface area contributed by atoms with Crippen LogP contribution in [0.4, 0.5) is 0 Å². The van der Waals surface area contributed by atoms with Crippen molar-refractivity contribution in [3.8, 4) is 0 Å². The van der Waals surface area contributed by atoms with E-state index in [-0.39, 0.29) is 18.3 Å². The third kappa shape index (κ3) is 6.93. The van der Waals surface area contributed by atoms with E-state index in [0.29, 0.717) is 5.92 Å². The summed E-state index contributed by atoms with van der Waals surface area (Å²) in [6.45, 7) is 6.47. The summed E-state index contributed by atoms with van der Waals surface area (Å²) in [5, 5.41) is 0. The number of rotatable bonds is 10. The number of hydrogen-bond acceptors (Lipinski definition) is 2. The smallest absolute Gasteiger partial charge is 0.127 e. The Morgan fingerprint density at radius 1 is 0.923 bits per heavy atom. The number of carbonyl (C=O) groups excluding carboxylic acids is 1. The summed E-state index contributed by atoms with van der Waals surface area (Å²) in [5.41, 5.74) is 3.89. The van der Waals surface area contributed by atoms with Crippen molar-refractivity contribution >= 4 is 18.7 Å². The van der Waals surface area contributed by atoms with Crippen molar-refractivity contribution in [2.45, 2.75) is 44.9 Å². The molecule has 0 N–H and O–H groups in total. The molecule has 142 valence electrons. The lowest BCUT2D eigenvalue weighted by Crippen LogP contribution is -2.23. The lowest BCUT2D eigenvalue weighted by atomic mass is 9.87. The summed E-state index contributed by atoms with van der Waals surface area (Å²) in [7, 11) is 2.17. The Hall–Kier alpha value is -1.64. The summed E-state index contributed by atoms with van der Waals surface area (Å²) in [6.07, 6.45) is 4.17. The van der Waals surface area contributed by atoms with Crippen molar-refractivity contribution in [1.82, 2.24) is 4.90 Å². The Bertz CT molecular complexity index is 642. The summed E-state index contributed by atoms with van der Waals surface area (Å²) in [5.74, 6) is 0.466. The molecule has 0 aliphatic heterocycles. The summed E-state index contributed by atoms with van der Waals surface area (Å²) >= 11 is 0. The number of halogens is 1. The van der Waals surface area contributed by atoms with Crippen molar-refractivity contribution in [2.24, 2.45) is 0 Å². The molecule has 3 heteroatoms. The van der Waals surface area contributed by atoms with Crippen LogP contribution in [0.1, 0.15) is 55.2 Å². The molecule has 2 nitrogen and oxygen atoms in total. The second kappa shape index (κ2) is 11.9. The van der Waals surface area contributed by atoms with E-state index in [1.54, 1.807) is 0 Å². The molecule has 2 rings (SSSR count). The third-order valence-electron chi connectivity index (χ3n) is 4.86. The highest BCUT2D eigenvalue weighted by Crippen LogP contribution is 2.28. The molecular weight excluding hydrogens is 342 g/mol. The van der Waals surface area contributed by atoms with Gasteiger partial charge in [-0.1, -0.05) is 68.4 Å². The molecule has 0 radical (unpaired) electrons. The molecule has 0 fully saturated rings. The van der Waals surface area contributed by atoms with Gasteiger partial charge < -0.3 is 9.69 Å². The van der Waals surface area contributed by atoms with Crippen molar-refractivity contribution in [3.63, 3.8) is 0 Å². The van der Waals surface area contributed by atoms with Crippen LogP contribution in [0.2, 0.25) is 0 Å². The molecule has 0 aliphatic carbocycles. The van der Waals surface area contributed by atoms with Crippen LogP contribution in [0.25, 0.3) is 0 Å². The highest BCUT2D eigenvalue weighted by atomic mass is 35.5. The zero-order valence-corrected chi connectivity index (χ0v) is 17.0. The van der Waals surface area contributed by atoms with Crippen molar-refractivity contribution < 1.29 is 4.79 Å². The van der Waals surface area contributed by atoms with Gasteiger partial charge in [0, 0.05) is 12.5 Å². The summed E-state index contributed by atoms with van der Waals surface area (Å²) < 4.78 is 0. The highest BCUT2D eigenvalue weighted by molar-refractivity contribution is 5.85. The Labute approximate surface area is 165 Å². The number of carbonyl (C=O) groups is 1. The van der Waals surface area contributed by atoms with Crippen LogP contribution >= 0.6 is 12.4 Å². The van der Waals surface area contributed by atoms with Gasteiger partial charge in [0.2, 0.25) is 0 Å². The third-order valence-corrected chi connectivity index (χ3v) is 4.86. The van der Waals surface area contributed by atoms with Gasteiger partial charge in [0.05, 0.1) is 0 Å². The lowest BCUT2D eigenvalue weighted by molar-refractivity contribution is -0.109. The number of hydrogen-bond donors (Lipinski definition) is 0. The van der Waals surface area contributed by atoms with Crippen LogP contribution < -0.4 is 0 Å². The van der Waals surface area contributed by atoms with E-state index in [0.717, 1.165) is 38.6 Å². The van der Waals surface area contributed by atoms with Crippen molar-refractivity contribution in [1.29, 1.82) is 0 Å². The summed E-state index contributed by atoms with van der Waals surface area (Å²) in [6, 6.07) is 19.0. The van der Waals surface area contributed by atoms with Gasteiger partial charge in [0.25, 0.3) is 0 Å². The topological polar surface area (TPSA) is 20.3 Å². The van der Waals surface area contributed by atoms with Crippen LogP contribution in [-0.2, 0) is 11.2 Å². The number of aldehydes is 1. The molecule has 0 aromatic heterocycles. The van der Waals surface area contributed by atoms with Gasteiger partial charge in [-0.3, -0.25) is 0 Å². The van der Waals surface area contributed by atoms with Crippen LogP contribution in [0.3, 0.4) is 0 Å². The Morgan fingerprint density at radius 2 is 1.54 bits per heavy atom. The first-order chi connectivity index (χ1) is 12.1. The minimum absolute atomic E-state index is 0. The first-order valence-electron chi connectivity index (χ1n) is 9.38. The molecule has 0 saturated carbocycles. The van der Waals surface area contributed by atoms with Gasteiger partial charge >= 0.3 is 0 Å². The van der Waals surface area contributed by atoms with Gasteiger partial charge in [-0.2, -0.15) is 0 Å². The molecule has 0 bridgehead atoms. The fraction of sp³-hybridized carbons (Fsp3) is 0.435. The molecule has 0 amide bonds. The van der Waals surface area contributed by atoms with Gasteiger partial charge in [-0.25, -0.2) is 0 Å². The highest BCUT2D eigenvalue weighted by Gasteiger charge is 2.16. The Kier molecular flexibility index (Phi) is 10.2. The normalized spacial score (nSPS) is 12.0. The molecule has 0 saturated heterocycles. The lowest BCUT2D eigenvalue weighted by Gasteiger charge is -2.20. The SMILES string of the molecule is CC(C)c1ccccc1[C@@H](C=O)CCCN(C)CCc1ccccc1.Cl. The Morgan fingerprint density at radius 3 is 2.15 bits per heavy atom. The number of likely N-dealkylation sites (N-methyl/N-ethyl adjacent to an activating group) is 1. The molecule has 2 aromatic carbocycles. The molecule has 1 atom stereocenters. The van der Waals surface area contributed by atoms with Crippen molar-refractivity contribution in [2.75, 3.05) is 20.1 Å². The molecule has 26 heavy (non-hydrogen) atoms. The molecule has 0 spiro atoms. The second-order valence-corrected chi connectivity index (χ2v) is 7.21. The molecule has 0 heterocycles. The van der Waals surface area contributed by atoms with Gasteiger partial charge in [-0.05, 0) is 55.5 Å². The minimum Gasteiger partial charge on any atom is -0.306 e. The van der Waals surface area contributed by atoms with E-state index in [2.05, 4.69) is 74.3 Å². The minimum atomic E-state index is 0. The zero-order valence-electron chi connectivity index (χ0n) is 16.2. The zero-order chi connectivity index (χ0) is 18.1. The fourth-order valence-corrected chi connectivity index (χ4v) is 3.33. The van der Waals surface area contributed by atoms with Gasteiger partial charge in [0.1, 0.15) is 6.29 Å². The average molecular weight is 374 g/mol. The molecular formula is C23H32ClNO. The number of nitrogens with zero attached hydrogens (tertiary/aromatic N) is 1. The van der Waals surface area contributed by atoms with Crippen molar-refractivity contribution in [3.05, 3.63) is 71.3 Å². The first kappa shape index (κ1) is 22.4. The van der Waals surface area contributed by atoms with Crippen LogP contribution in [0.5, 0.6) is 0 Å². The maximum atomic E-state index is 11.7. The number of benzene rings is 2.